The van der Waals surface area contributed by atoms with Crippen LogP contribution in [0, 0.1) is 6.92 Å². The van der Waals surface area contributed by atoms with Gasteiger partial charge in [-0.1, -0.05) is 35.9 Å². The van der Waals surface area contributed by atoms with Gasteiger partial charge in [0.25, 0.3) is 5.91 Å². The van der Waals surface area contributed by atoms with Crippen molar-refractivity contribution in [3.63, 3.8) is 0 Å². The first-order valence-electron chi connectivity index (χ1n) is 7.15. The van der Waals surface area contributed by atoms with Gasteiger partial charge in [-0.05, 0) is 37.6 Å². The van der Waals surface area contributed by atoms with E-state index in [4.69, 9.17) is 0 Å². The van der Waals surface area contributed by atoms with E-state index in [2.05, 4.69) is 10.5 Å². The zero-order chi connectivity index (χ0) is 16.7. The molecule has 1 amide bonds. The third kappa shape index (κ3) is 5.03. The Morgan fingerprint density at radius 2 is 1.74 bits per heavy atom. The van der Waals surface area contributed by atoms with Crippen molar-refractivity contribution in [2.24, 2.45) is 5.10 Å². The molecular weight excluding hydrogens is 312 g/mol. The standard InChI is InChI=1S/C17H18N2O3S/c1-14-8-10-16(11-9-14)23(21,22)13-5-12-18-19-17(20)15-6-3-2-4-7-15/h2-4,6-12H,5,13H2,1H3,(H,19,20)/b18-12+. The molecular formula is C17H18N2O3S. The van der Waals surface area contributed by atoms with E-state index in [1.165, 1.54) is 6.21 Å². The Hall–Kier alpha value is -2.47. The summed E-state index contributed by atoms with van der Waals surface area (Å²) in [6.07, 6.45) is 1.62. The number of carbonyl (C=O) groups is 1. The minimum atomic E-state index is -3.33. The van der Waals surface area contributed by atoms with Gasteiger partial charge in [0.05, 0.1) is 10.6 Å². The van der Waals surface area contributed by atoms with Crippen LogP contribution in [0.5, 0.6) is 0 Å². The first-order chi connectivity index (χ1) is 11.0. The second-order valence-corrected chi connectivity index (χ2v) is 7.15. The molecule has 5 nitrogen and oxygen atoms in total. The van der Waals surface area contributed by atoms with Crippen molar-refractivity contribution in [3.05, 3.63) is 65.7 Å². The molecule has 0 unspecified atom stereocenters. The monoisotopic (exact) mass is 330 g/mol. The smallest absolute Gasteiger partial charge is 0.267 e. The van der Waals surface area contributed by atoms with Gasteiger partial charge < -0.3 is 0 Å². The lowest BCUT2D eigenvalue weighted by molar-refractivity contribution is 0.0955. The van der Waals surface area contributed by atoms with Crippen molar-refractivity contribution in [2.45, 2.75) is 18.2 Å². The lowest BCUT2D eigenvalue weighted by Crippen LogP contribution is -2.17. The van der Waals surface area contributed by atoms with Gasteiger partial charge >= 0.3 is 0 Å². The number of hydrogen-bond acceptors (Lipinski definition) is 4. The van der Waals surface area contributed by atoms with Crippen LogP contribution < -0.4 is 5.43 Å². The highest BCUT2D eigenvalue weighted by atomic mass is 32.2. The van der Waals surface area contributed by atoms with Gasteiger partial charge in [-0.25, -0.2) is 13.8 Å². The van der Waals surface area contributed by atoms with Gasteiger partial charge in [0.1, 0.15) is 0 Å². The molecule has 0 saturated heterocycles. The molecule has 0 fully saturated rings. The quantitative estimate of drug-likeness (QED) is 0.653. The Balaban J connectivity index is 1.84. The number of hydrogen-bond donors (Lipinski definition) is 1. The number of amides is 1. The Labute approximate surface area is 136 Å². The Morgan fingerprint density at radius 1 is 1.09 bits per heavy atom. The SMILES string of the molecule is Cc1ccc(S(=O)(=O)CC/C=N/NC(=O)c2ccccc2)cc1. The lowest BCUT2D eigenvalue weighted by Gasteiger charge is -2.03. The molecule has 2 rings (SSSR count). The summed E-state index contributed by atoms with van der Waals surface area (Å²) in [7, 11) is -3.33. The number of hydrazone groups is 1. The fourth-order valence-corrected chi connectivity index (χ4v) is 3.10. The second kappa shape index (κ2) is 7.69. The van der Waals surface area contributed by atoms with E-state index in [1.54, 1.807) is 48.5 Å². The minimum absolute atomic E-state index is 0.0548. The largest absolute Gasteiger partial charge is 0.271 e. The molecule has 0 atom stereocenters. The van der Waals surface area contributed by atoms with E-state index in [-0.39, 0.29) is 18.1 Å². The summed E-state index contributed by atoms with van der Waals surface area (Å²) in [6, 6.07) is 15.4. The number of nitrogens with one attached hydrogen (secondary N) is 1. The maximum absolute atomic E-state index is 12.1. The van der Waals surface area contributed by atoms with Crippen molar-refractivity contribution in [3.8, 4) is 0 Å². The average Bonchev–Trinajstić information content (AvgIpc) is 2.55. The van der Waals surface area contributed by atoms with Crippen LogP contribution in [0.15, 0.2) is 64.6 Å². The summed E-state index contributed by atoms with van der Waals surface area (Å²) >= 11 is 0. The fourth-order valence-electron chi connectivity index (χ4n) is 1.89. The fraction of sp³-hybridized carbons (Fsp3) is 0.176. The zero-order valence-corrected chi connectivity index (χ0v) is 13.6. The molecule has 120 valence electrons. The van der Waals surface area contributed by atoms with E-state index in [0.717, 1.165) is 5.56 Å². The van der Waals surface area contributed by atoms with Crippen molar-refractivity contribution >= 4 is 22.0 Å². The zero-order valence-electron chi connectivity index (χ0n) is 12.8. The summed E-state index contributed by atoms with van der Waals surface area (Å²) in [5.74, 6) is -0.385. The van der Waals surface area contributed by atoms with Crippen LogP contribution in [0.2, 0.25) is 0 Å². The molecule has 0 radical (unpaired) electrons. The molecule has 6 heteroatoms. The van der Waals surface area contributed by atoms with E-state index in [9.17, 15) is 13.2 Å². The van der Waals surface area contributed by atoms with Crippen LogP contribution >= 0.6 is 0 Å². The Kier molecular flexibility index (Phi) is 5.65. The van der Waals surface area contributed by atoms with Crippen LogP contribution in [0.25, 0.3) is 0 Å². The van der Waals surface area contributed by atoms with Crippen molar-refractivity contribution < 1.29 is 13.2 Å². The maximum atomic E-state index is 12.1. The first kappa shape index (κ1) is 16.9. The molecule has 0 aromatic heterocycles. The molecule has 0 aliphatic heterocycles. The van der Waals surface area contributed by atoms with Gasteiger partial charge in [0, 0.05) is 11.8 Å². The average molecular weight is 330 g/mol. The molecule has 0 aliphatic carbocycles. The molecule has 0 heterocycles. The van der Waals surface area contributed by atoms with Crippen LogP contribution in [-0.2, 0) is 9.84 Å². The first-order valence-corrected chi connectivity index (χ1v) is 8.80. The topological polar surface area (TPSA) is 75.6 Å². The van der Waals surface area contributed by atoms with Gasteiger partial charge in [0.2, 0.25) is 0 Å². The highest BCUT2D eigenvalue weighted by molar-refractivity contribution is 7.91. The number of sulfone groups is 1. The van der Waals surface area contributed by atoms with Crippen LogP contribution in [0.3, 0.4) is 0 Å². The van der Waals surface area contributed by atoms with E-state index in [0.29, 0.717) is 10.5 Å². The number of rotatable bonds is 6. The minimum Gasteiger partial charge on any atom is -0.267 e. The molecule has 0 spiro atoms. The molecule has 2 aromatic rings. The highest BCUT2D eigenvalue weighted by Gasteiger charge is 2.12. The predicted octanol–water partition coefficient (Wildman–Crippen LogP) is 2.57. The third-order valence-corrected chi connectivity index (χ3v) is 4.95. The molecule has 2 aromatic carbocycles. The van der Waals surface area contributed by atoms with E-state index in [1.807, 2.05) is 13.0 Å². The van der Waals surface area contributed by atoms with Gasteiger partial charge in [-0.15, -0.1) is 0 Å². The van der Waals surface area contributed by atoms with Crippen LogP contribution in [-0.4, -0.2) is 26.3 Å². The molecule has 0 aliphatic rings. The normalized spacial score (nSPS) is 11.5. The van der Waals surface area contributed by atoms with E-state index < -0.39 is 9.84 Å². The van der Waals surface area contributed by atoms with Gasteiger partial charge in [-0.2, -0.15) is 5.10 Å². The van der Waals surface area contributed by atoms with Crippen LogP contribution in [0.4, 0.5) is 0 Å². The Bertz CT molecular complexity index is 782. The number of nitrogens with zero attached hydrogens (tertiary/aromatic N) is 1. The number of carbonyl (C=O) groups excluding carboxylic acids is 1. The summed E-state index contributed by atoms with van der Waals surface area (Å²) in [5.41, 5.74) is 3.87. The summed E-state index contributed by atoms with van der Waals surface area (Å²) in [4.78, 5) is 12.0. The highest BCUT2D eigenvalue weighted by Crippen LogP contribution is 2.12. The van der Waals surface area contributed by atoms with E-state index >= 15 is 0 Å². The van der Waals surface area contributed by atoms with Crippen molar-refractivity contribution in [1.82, 2.24) is 5.43 Å². The predicted molar refractivity (Wildman–Crippen MR) is 90.2 cm³/mol. The lowest BCUT2D eigenvalue weighted by atomic mass is 10.2. The Morgan fingerprint density at radius 3 is 2.39 bits per heavy atom. The van der Waals surface area contributed by atoms with Crippen molar-refractivity contribution in [1.29, 1.82) is 0 Å². The van der Waals surface area contributed by atoms with Crippen molar-refractivity contribution in [2.75, 3.05) is 5.75 Å². The summed E-state index contributed by atoms with van der Waals surface area (Å²) in [6.45, 7) is 1.90. The van der Waals surface area contributed by atoms with Gasteiger partial charge in [0.15, 0.2) is 9.84 Å². The third-order valence-electron chi connectivity index (χ3n) is 3.19. The number of benzene rings is 2. The summed E-state index contributed by atoms with van der Waals surface area (Å²) < 4.78 is 24.2. The molecule has 1 N–H and O–H groups in total. The molecule has 0 bridgehead atoms. The molecule has 0 saturated carbocycles. The second-order valence-electron chi connectivity index (χ2n) is 5.04. The molecule has 23 heavy (non-hydrogen) atoms. The van der Waals surface area contributed by atoms with Gasteiger partial charge in [-0.3, -0.25) is 4.79 Å². The van der Waals surface area contributed by atoms with Crippen LogP contribution in [0.1, 0.15) is 22.3 Å². The maximum Gasteiger partial charge on any atom is 0.271 e. The number of aryl methyl sites for hydroxylation is 1. The summed E-state index contributed by atoms with van der Waals surface area (Å²) in [5, 5.41) is 3.77.